The average molecular weight is 258 g/mol. The zero-order valence-electron chi connectivity index (χ0n) is 9.87. The van der Waals surface area contributed by atoms with Crippen LogP contribution in [0, 0.1) is 0 Å². The summed E-state index contributed by atoms with van der Waals surface area (Å²) in [4.78, 5) is 11.1. The zero-order valence-corrected chi connectivity index (χ0v) is 9.87. The first-order valence-corrected chi connectivity index (χ1v) is 5.22. The molecule has 1 N–H and O–H groups in total. The Morgan fingerprint density at radius 3 is 1.94 bits per heavy atom. The lowest BCUT2D eigenvalue weighted by molar-refractivity contribution is -0.142. The van der Waals surface area contributed by atoms with Gasteiger partial charge in [0.05, 0.1) is 14.2 Å². The molecule has 0 saturated heterocycles. The number of hydrogen-bond acceptors (Lipinski definition) is 3. The van der Waals surface area contributed by atoms with Crippen molar-refractivity contribution in [3.63, 3.8) is 0 Å². The van der Waals surface area contributed by atoms with E-state index in [1.54, 1.807) is 0 Å². The number of carbonyl (C=O) groups is 1. The van der Waals surface area contributed by atoms with Crippen molar-refractivity contribution in [2.45, 2.75) is 17.8 Å². The molecule has 1 saturated carbocycles. The molecule has 1 unspecified atom stereocenters. The normalized spacial score (nSPS) is 24.4. The van der Waals surface area contributed by atoms with Crippen molar-refractivity contribution in [3.05, 3.63) is 23.8 Å². The minimum atomic E-state index is -3.24. The first-order chi connectivity index (χ1) is 8.37. The minimum absolute atomic E-state index is 0.00352. The van der Waals surface area contributed by atoms with E-state index in [2.05, 4.69) is 0 Å². The van der Waals surface area contributed by atoms with E-state index in [0.717, 1.165) is 0 Å². The molecule has 1 fully saturated rings. The van der Waals surface area contributed by atoms with Crippen LogP contribution < -0.4 is 9.47 Å². The lowest BCUT2D eigenvalue weighted by atomic mass is 9.95. The maximum atomic E-state index is 13.4. The van der Waals surface area contributed by atoms with Gasteiger partial charge in [0.1, 0.15) is 11.5 Å². The SMILES string of the molecule is COc1cc(OC)cc(C2(C(=O)O)CC2(F)F)c1. The topological polar surface area (TPSA) is 55.8 Å². The third-order valence-corrected chi connectivity index (χ3v) is 3.20. The molecule has 0 aliphatic heterocycles. The Hall–Kier alpha value is -1.85. The standard InChI is InChI=1S/C12H12F2O4/c1-17-8-3-7(4-9(5-8)18-2)11(10(15)16)6-12(11,13)14/h3-5H,6H2,1-2H3,(H,15,16). The van der Waals surface area contributed by atoms with Crippen LogP contribution in [-0.4, -0.2) is 31.2 Å². The molecule has 1 atom stereocenters. The van der Waals surface area contributed by atoms with Crippen LogP contribution in [0.3, 0.4) is 0 Å². The van der Waals surface area contributed by atoms with Gasteiger partial charge in [-0.05, 0) is 17.7 Å². The highest BCUT2D eigenvalue weighted by Gasteiger charge is 2.77. The molecule has 1 aliphatic rings. The van der Waals surface area contributed by atoms with E-state index in [4.69, 9.17) is 14.6 Å². The second-order valence-corrected chi connectivity index (χ2v) is 4.19. The summed E-state index contributed by atoms with van der Waals surface area (Å²) >= 11 is 0. The largest absolute Gasteiger partial charge is 0.497 e. The maximum absolute atomic E-state index is 13.4. The van der Waals surface area contributed by atoms with E-state index in [1.165, 1.54) is 32.4 Å². The van der Waals surface area contributed by atoms with Crippen LogP contribution in [0.15, 0.2) is 18.2 Å². The highest BCUT2D eigenvalue weighted by atomic mass is 19.3. The number of benzene rings is 1. The molecule has 0 amide bonds. The molecule has 6 heteroatoms. The van der Waals surface area contributed by atoms with E-state index in [9.17, 15) is 13.6 Å². The van der Waals surface area contributed by atoms with Crippen molar-refractivity contribution < 1.29 is 28.2 Å². The summed E-state index contributed by atoms with van der Waals surface area (Å²) in [7, 11) is 2.74. The third kappa shape index (κ3) is 1.60. The Morgan fingerprint density at radius 1 is 1.22 bits per heavy atom. The van der Waals surface area contributed by atoms with Crippen molar-refractivity contribution in [1.29, 1.82) is 0 Å². The van der Waals surface area contributed by atoms with E-state index in [0.29, 0.717) is 0 Å². The number of carboxylic acids is 1. The number of carboxylic acid groups (broad SMARTS) is 1. The summed E-state index contributed by atoms with van der Waals surface area (Å²) in [5.41, 5.74) is -2.16. The van der Waals surface area contributed by atoms with Gasteiger partial charge in [0.2, 0.25) is 0 Å². The Kier molecular flexibility index (Phi) is 2.68. The van der Waals surface area contributed by atoms with Crippen molar-refractivity contribution in [1.82, 2.24) is 0 Å². The molecule has 18 heavy (non-hydrogen) atoms. The predicted molar refractivity (Wildman–Crippen MR) is 58.4 cm³/mol. The van der Waals surface area contributed by atoms with E-state index in [-0.39, 0.29) is 17.1 Å². The lowest BCUT2D eigenvalue weighted by Gasteiger charge is -2.14. The van der Waals surface area contributed by atoms with Crippen molar-refractivity contribution >= 4 is 5.97 Å². The number of hydrogen-bond donors (Lipinski definition) is 1. The summed E-state index contributed by atoms with van der Waals surface area (Å²) in [5.74, 6) is -4.21. The van der Waals surface area contributed by atoms with E-state index in [1.807, 2.05) is 0 Å². The van der Waals surface area contributed by atoms with Crippen molar-refractivity contribution in [2.75, 3.05) is 14.2 Å². The summed E-state index contributed by atoms with van der Waals surface area (Å²) in [6, 6.07) is 4.11. The van der Waals surface area contributed by atoms with Gasteiger partial charge in [-0.15, -0.1) is 0 Å². The Bertz CT molecular complexity index is 479. The van der Waals surface area contributed by atoms with Gasteiger partial charge in [-0.2, -0.15) is 0 Å². The number of halogens is 2. The zero-order chi connectivity index (χ0) is 13.6. The van der Waals surface area contributed by atoms with Gasteiger partial charge in [-0.1, -0.05) is 0 Å². The molecule has 0 spiro atoms. The summed E-state index contributed by atoms with van der Waals surface area (Å²) in [5, 5.41) is 9.06. The fourth-order valence-corrected chi connectivity index (χ4v) is 2.01. The number of ether oxygens (including phenoxy) is 2. The molecular formula is C12H12F2O4. The van der Waals surface area contributed by atoms with Crippen LogP contribution in [-0.2, 0) is 10.2 Å². The van der Waals surface area contributed by atoms with E-state index >= 15 is 0 Å². The van der Waals surface area contributed by atoms with Crippen LogP contribution in [0.2, 0.25) is 0 Å². The highest BCUT2D eigenvalue weighted by molar-refractivity contribution is 5.88. The number of alkyl halides is 2. The molecule has 4 nitrogen and oxygen atoms in total. The first-order valence-electron chi connectivity index (χ1n) is 5.22. The summed E-state index contributed by atoms with van der Waals surface area (Å²) in [6.07, 6.45) is -0.703. The van der Waals surface area contributed by atoms with Gasteiger partial charge >= 0.3 is 5.97 Å². The van der Waals surface area contributed by atoms with Gasteiger partial charge in [0, 0.05) is 12.5 Å². The summed E-state index contributed by atoms with van der Waals surface area (Å²) in [6.45, 7) is 0. The molecule has 0 heterocycles. The van der Waals surface area contributed by atoms with Gasteiger partial charge in [-0.25, -0.2) is 8.78 Å². The predicted octanol–water partition coefficient (Wildman–Crippen LogP) is 2.07. The fraction of sp³-hybridized carbons (Fsp3) is 0.417. The monoisotopic (exact) mass is 258 g/mol. The third-order valence-electron chi connectivity index (χ3n) is 3.20. The molecule has 98 valence electrons. The van der Waals surface area contributed by atoms with Gasteiger partial charge in [0.15, 0.2) is 5.41 Å². The molecule has 0 aromatic heterocycles. The molecule has 1 aliphatic carbocycles. The van der Waals surface area contributed by atoms with Gasteiger partial charge < -0.3 is 14.6 Å². The van der Waals surface area contributed by atoms with Crippen molar-refractivity contribution in [3.8, 4) is 11.5 Å². The Labute approximate surface area is 102 Å². The molecule has 0 bridgehead atoms. The molecule has 0 radical (unpaired) electrons. The molecule has 2 rings (SSSR count). The van der Waals surface area contributed by atoms with Crippen LogP contribution in [0.4, 0.5) is 8.78 Å². The Balaban J connectivity index is 2.54. The lowest BCUT2D eigenvalue weighted by Crippen LogP contribution is -2.27. The van der Waals surface area contributed by atoms with Crippen LogP contribution >= 0.6 is 0 Å². The van der Waals surface area contributed by atoms with Crippen LogP contribution in [0.25, 0.3) is 0 Å². The van der Waals surface area contributed by atoms with Crippen LogP contribution in [0.1, 0.15) is 12.0 Å². The first kappa shape index (κ1) is 12.6. The fourth-order valence-electron chi connectivity index (χ4n) is 2.01. The molecular weight excluding hydrogens is 246 g/mol. The summed E-state index contributed by atoms with van der Waals surface area (Å²) < 4.78 is 36.7. The number of rotatable bonds is 4. The number of aliphatic carboxylic acids is 1. The van der Waals surface area contributed by atoms with Gasteiger partial charge in [0.25, 0.3) is 5.92 Å². The smallest absolute Gasteiger partial charge is 0.320 e. The Morgan fingerprint density at radius 2 is 1.67 bits per heavy atom. The maximum Gasteiger partial charge on any atom is 0.320 e. The van der Waals surface area contributed by atoms with Crippen LogP contribution in [0.5, 0.6) is 11.5 Å². The number of methoxy groups -OCH3 is 2. The average Bonchev–Trinajstić information content (AvgIpc) is 2.93. The van der Waals surface area contributed by atoms with Crippen molar-refractivity contribution in [2.24, 2.45) is 0 Å². The second kappa shape index (κ2) is 3.83. The highest BCUT2D eigenvalue weighted by Crippen LogP contribution is 2.62. The van der Waals surface area contributed by atoms with Gasteiger partial charge in [-0.3, -0.25) is 4.79 Å². The minimum Gasteiger partial charge on any atom is -0.497 e. The quantitative estimate of drug-likeness (QED) is 0.898. The molecule has 1 aromatic carbocycles. The molecule has 1 aromatic rings. The second-order valence-electron chi connectivity index (χ2n) is 4.19. The van der Waals surface area contributed by atoms with E-state index < -0.39 is 23.7 Å².